The third kappa shape index (κ3) is 2.91. The van der Waals surface area contributed by atoms with Gasteiger partial charge in [-0.05, 0) is 0 Å². The maximum atomic E-state index is 11.0. The second-order valence-electron chi connectivity index (χ2n) is 2.08. The minimum Gasteiger partial charge on any atom is -0.479 e. The van der Waals surface area contributed by atoms with Crippen molar-refractivity contribution in [3.63, 3.8) is 0 Å². The fraction of sp³-hybridized carbons (Fsp3) is 0.167. The molecule has 7 heteroatoms. The number of amides is 1. The zero-order valence-electron chi connectivity index (χ0n) is 6.48. The molecule has 0 aromatic carbocycles. The number of carbonyl (C=O) groups is 2. The van der Waals surface area contributed by atoms with Crippen LogP contribution in [0.2, 0.25) is 0 Å². The maximum Gasteiger partial charge on any atom is 0.332 e. The number of imidazole rings is 1. The van der Waals surface area contributed by atoms with Crippen LogP contribution in [0.3, 0.4) is 0 Å². The lowest BCUT2D eigenvalue weighted by Crippen LogP contribution is -2.26. The minimum absolute atomic E-state index is 0.199. The van der Waals surface area contributed by atoms with Crippen LogP contribution in [-0.4, -0.2) is 33.6 Å². The molecule has 0 atom stereocenters. The Balaban J connectivity index is 2.31. The Morgan fingerprint density at radius 2 is 2.46 bits per heavy atom. The van der Waals surface area contributed by atoms with Gasteiger partial charge in [0.05, 0.1) is 12.5 Å². The van der Waals surface area contributed by atoms with E-state index >= 15 is 0 Å². The van der Waals surface area contributed by atoms with E-state index in [-0.39, 0.29) is 5.69 Å². The lowest BCUT2D eigenvalue weighted by atomic mass is 10.5. The molecule has 0 saturated heterocycles. The van der Waals surface area contributed by atoms with Crippen molar-refractivity contribution in [2.75, 3.05) is 6.61 Å². The van der Waals surface area contributed by atoms with Crippen LogP contribution in [0.1, 0.15) is 10.5 Å². The Hall–Kier alpha value is -1.89. The molecule has 0 radical (unpaired) electrons. The molecule has 0 aliphatic heterocycles. The average Bonchev–Trinajstić information content (AvgIpc) is 2.55. The lowest BCUT2D eigenvalue weighted by molar-refractivity contribution is -0.144. The molecule has 0 aliphatic rings. The molecule has 1 heterocycles. The minimum atomic E-state index is -1.16. The van der Waals surface area contributed by atoms with Crippen LogP contribution in [0.15, 0.2) is 12.5 Å². The van der Waals surface area contributed by atoms with Gasteiger partial charge in [0.1, 0.15) is 5.69 Å². The monoisotopic (exact) mass is 185 g/mol. The van der Waals surface area contributed by atoms with E-state index in [2.05, 4.69) is 14.8 Å². The Morgan fingerprint density at radius 3 is 3.00 bits per heavy atom. The first-order chi connectivity index (χ1) is 6.20. The van der Waals surface area contributed by atoms with Crippen molar-refractivity contribution < 1.29 is 19.5 Å². The second-order valence-corrected chi connectivity index (χ2v) is 2.08. The number of nitrogens with zero attached hydrogens (tertiary/aromatic N) is 1. The molecule has 7 nitrogen and oxygen atoms in total. The van der Waals surface area contributed by atoms with Crippen LogP contribution >= 0.6 is 0 Å². The Kier molecular flexibility index (Phi) is 2.98. The van der Waals surface area contributed by atoms with Crippen molar-refractivity contribution in [3.05, 3.63) is 18.2 Å². The molecule has 3 N–H and O–H groups in total. The Labute approximate surface area is 72.7 Å². The number of aromatic nitrogens is 2. The van der Waals surface area contributed by atoms with Gasteiger partial charge in [-0.15, -0.1) is 0 Å². The number of H-pyrrole nitrogens is 1. The molecule has 70 valence electrons. The predicted molar refractivity (Wildman–Crippen MR) is 39.6 cm³/mol. The summed E-state index contributed by atoms with van der Waals surface area (Å²) < 4.78 is 0. The molecular weight excluding hydrogens is 178 g/mol. The number of aromatic amines is 1. The van der Waals surface area contributed by atoms with Gasteiger partial charge in [-0.3, -0.25) is 9.63 Å². The third-order valence-corrected chi connectivity index (χ3v) is 1.10. The van der Waals surface area contributed by atoms with Crippen LogP contribution in [0.4, 0.5) is 0 Å². The quantitative estimate of drug-likeness (QED) is 0.530. The number of carboxylic acids is 1. The highest BCUT2D eigenvalue weighted by Gasteiger charge is 2.06. The average molecular weight is 185 g/mol. The highest BCUT2D eigenvalue weighted by Crippen LogP contribution is 1.89. The number of aliphatic carboxylic acids is 1. The van der Waals surface area contributed by atoms with E-state index in [4.69, 9.17) is 5.11 Å². The van der Waals surface area contributed by atoms with Gasteiger partial charge in [-0.25, -0.2) is 15.3 Å². The summed E-state index contributed by atoms with van der Waals surface area (Å²) in [6.07, 6.45) is 2.62. The van der Waals surface area contributed by atoms with Crippen molar-refractivity contribution in [2.24, 2.45) is 0 Å². The fourth-order valence-electron chi connectivity index (χ4n) is 0.598. The maximum absolute atomic E-state index is 11.0. The molecule has 0 spiro atoms. The molecular formula is C6H7N3O4. The van der Waals surface area contributed by atoms with Gasteiger partial charge in [0.25, 0.3) is 5.91 Å². The molecule has 1 rings (SSSR count). The van der Waals surface area contributed by atoms with Gasteiger partial charge in [-0.1, -0.05) is 0 Å². The summed E-state index contributed by atoms with van der Waals surface area (Å²) >= 11 is 0. The number of hydrogen-bond acceptors (Lipinski definition) is 4. The SMILES string of the molecule is O=C(O)CONC(=O)c1cnc[nH]1. The number of carbonyl (C=O) groups excluding carboxylic acids is 1. The highest BCUT2D eigenvalue weighted by molar-refractivity contribution is 5.91. The zero-order valence-corrected chi connectivity index (χ0v) is 6.48. The summed E-state index contributed by atoms with van der Waals surface area (Å²) in [5.41, 5.74) is 2.12. The summed E-state index contributed by atoms with van der Waals surface area (Å²) in [7, 11) is 0. The third-order valence-electron chi connectivity index (χ3n) is 1.10. The Morgan fingerprint density at radius 1 is 1.69 bits per heavy atom. The molecule has 1 aromatic rings. The van der Waals surface area contributed by atoms with E-state index in [9.17, 15) is 9.59 Å². The van der Waals surface area contributed by atoms with Crippen LogP contribution in [0.25, 0.3) is 0 Å². The molecule has 0 bridgehead atoms. The first-order valence-electron chi connectivity index (χ1n) is 3.32. The van der Waals surface area contributed by atoms with Crippen molar-refractivity contribution in [1.29, 1.82) is 0 Å². The van der Waals surface area contributed by atoms with Gasteiger partial charge in [0, 0.05) is 0 Å². The zero-order chi connectivity index (χ0) is 9.68. The Bertz CT molecular complexity index is 295. The van der Waals surface area contributed by atoms with Crippen molar-refractivity contribution >= 4 is 11.9 Å². The van der Waals surface area contributed by atoms with E-state index in [1.165, 1.54) is 12.5 Å². The van der Waals surface area contributed by atoms with Crippen LogP contribution in [-0.2, 0) is 9.63 Å². The molecule has 13 heavy (non-hydrogen) atoms. The van der Waals surface area contributed by atoms with Gasteiger partial charge in [0.2, 0.25) is 0 Å². The van der Waals surface area contributed by atoms with Crippen molar-refractivity contribution in [3.8, 4) is 0 Å². The van der Waals surface area contributed by atoms with E-state index < -0.39 is 18.5 Å². The largest absolute Gasteiger partial charge is 0.479 e. The van der Waals surface area contributed by atoms with Crippen LogP contribution in [0, 0.1) is 0 Å². The van der Waals surface area contributed by atoms with Crippen LogP contribution < -0.4 is 5.48 Å². The number of carboxylic acid groups (broad SMARTS) is 1. The van der Waals surface area contributed by atoms with Crippen molar-refractivity contribution in [2.45, 2.75) is 0 Å². The topological polar surface area (TPSA) is 104 Å². The normalized spacial score (nSPS) is 9.54. The van der Waals surface area contributed by atoms with E-state index in [0.717, 1.165) is 0 Å². The first kappa shape index (κ1) is 9.20. The molecule has 0 unspecified atom stereocenters. The second kappa shape index (κ2) is 4.21. The molecule has 1 aromatic heterocycles. The predicted octanol–water partition coefficient (Wildman–Crippen LogP) is -0.844. The molecule has 0 fully saturated rings. The molecule has 0 aliphatic carbocycles. The number of hydrogen-bond donors (Lipinski definition) is 3. The highest BCUT2D eigenvalue weighted by atomic mass is 16.7. The number of rotatable bonds is 4. The number of nitrogens with one attached hydrogen (secondary N) is 2. The van der Waals surface area contributed by atoms with E-state index in [0.29, 0.717) is 0 Å². The summed E-state index contributed by atoms with van der Waals surface area (Å²) in [6.45, 7) is -0.583. The summed E-state index contributed by atoms with van der Waals surface area (Å²) in [5.74, 6) is -1.73. The smallest absolute Gasteiger partial charge is 0.332 e. The van der Waals surface area contributed by atoms with Crippen LogP contribution in [0.5, 0.6) is 0 Å². The summed E-state index contributed by atoms with van der Waals surface area (Å²) in [4.78, 5) is 31.4. The standard InChI is InChI=1S/C6H7N3O4/c10-5(11)2-13-9-6(12)4-1-7-3-8-4/h1,3H,2H2,(H,7,8)(H,9,12)(H,10,11). The fourth-order valence-corrected chi connectivity index (χ4v) is 0.598. The summed E-state index contributed by atoms with van der Waals surface area (Å²) in [6, 6.07) is 0. The van der Waals surface area contributed by atoms with E-state index in [1.807, 2.05) is 5.48 Å². The van der Waals surface area contributed by atoms with Gasteiger partial charge < -0.3 is 10.1 Å². The number of hydroxylamine groups is 1. The van der Waals surface area contributed by atoms with E-state index in [1.54, 1.807) is 0 Å². The molecule has 1 amide bonds. The summed E-state index contributed by atoms with van der Waals surface area (Å²) in [5, 5.41) is 8.16. The molecule has 0 saturated carbocycles. The van der Waals surface area contributed by atoms with Gasteiger partial charge >= 0.3 is 5.97 Å². The van der Waals surface area contributed by atoms with Crippen molar-refractivity contribution in [1.82, 2.24) is 15.4 Å². The lowest BCUT2D eigenvalue weighted by Gasteiger charge is -2.00. The van der Waals surface area contributed by atoms with Gasteiger partial charge in [0.15, 0.2) is 6.61 Å². The van der Waals surface area contributed by atoms with Gasteiger partial charge in [-0.2, -0.15) is 0 Å². The first-order valence-corrected chi connectivity index (χ1v) is 3.32.